The molecule has 1 heterocycles. The molecule has 0 spiro atoms. The number of aliphatic hydroxyl groups is 1. The van der Waals surface area contributed by atoms with Crippen LogP contribution in [0.25, 0.3) is 5.76 Å². The molecule has 2 aromatic carbocycles. The summed E-state index contributed by atoms with van der Waals surface area (Å²) in [6.07, 6.45) is 1.62. The second-order valence-electron chi connectivity index (χ2n) is 8.89. The summed E-state index contributed by atoms with van der Waals surface area (Å²) in [6, 6.07) is 12.5. The molecule has 2 aromatic rings. The first-order chi connectivity index (χ1) is 15.7. The van der Waals surface area contributed by atoms with Gasteiger partial charge in [0.15, 0.2) is 0 Å². The third-order valence-corrected chi connectivity index (χ3v) is 5.86. The summed E-state index contributed by atoms with van der Waals surface area (Å²) in [7, 11) is 3.95. The molecule has 0 unspecified atom stereocenters. The third-order valence-electron chi connectivity index (χ3n) is 5.86. The molecule has 1 saturated heterocycles. The second-order valence-corrected chi connectivity index (χ2v) is 8.89. The fraction of sp³-hybridized carbons (Fsp3) is 0.407. The smallest absolute Gasteiger partial charge is 0.295 e. The van der Waals surface area contributed by atoms with Crippen molar-refractivity contribution in [1.29, 1.82) is 0 Å². The van der Waals surface area contributed by atoms with E-state index in [0.29, 0.717) is 24.5 Å². The molecule has 0 aliphatic carbocycles. The Morgan fingerprint density at radius 3 is 2.39 bits per heavy atom. The van der Waals surface area contributed by atoms with Gasteiger partial charge in [0, 0.05) is 12.1 Å². The van der Waals surface area contributed by atoms with Gasteiger partial charge in [-0.25, -0.2) is 0 Å². The summed E-state index contributed by atoms with van der Waals surface area (Å²) in [5.41, 5.74) is 3.34. The molecule has 1 N–H and O–H groups in total. The van der Waals surface area contributed by atoms with Gasteiger partial charge in [-0.15, -0.1) is 0 Å². The highest BCUT2D eigenvalue weighted by Gasteiger charge is 2.45. The number of likely N-dealkylation sites (tertiary alicyclic amines) is 1. The number of carbonyl (C=O) groups excluding carboxylic acids is 2. The van der Waals surface area contributed by atoms with E-state index in [1.165, 1.54) is 0 Å². The van der Waals surface area contributed by atoms with E-state index in [2.05, 4.69) is 0 Å². The first-order valence-electron chi connectivity index (χ1n) is 11.5. The van der Waals surface area contributed by atoms with Gasteiger partial charge in [0.2, 0.25) is 0 Å². The normalized spacial score (nSPS) is 17.8. The Kier molecular flexibility index (Phi) is 7.92. The number of Topliss-reactive ketones (excluding diaryl/α,β-unsaturated/α-hetero) is 1. The monoisotopic (exact) mass is 450 g/mol. The zero-order valence-corrected chi connectivity index (χ0v) is 20.2. The highest BCUT2D eigenvalue weighted by atomic mass is 16.5. The van der Waals surface area contributed by atoms with Crippen LogP contribution in [-0.2, 0) is 9.59 Å². The number of nitrogens with zero attached hydrogens (tertiary/aromatic N) is 2. The van der Waals surface area contributed by atoms with Gasteiger partial charge in [-0.1, -0.05) is 36.8 Å². The lowest BCUT2D eigenvalue weighted by Crippen LogP contribution is -2.32. The van der Waals surface area contributed by atoms with Crippen LogP contribution >= 0.6 is 0 Å². The van der Waals surface area contributed by atoms with Gasteiger partial charge in [-0.3, -0.25) is 9.59 Å². The molecule has 0 saturated carbocycles. The first kappa shape index (κ1) is 24.5. The Balaban J connectivity index is 2.06. The van der Waals surface area contributed by atoms with Gasteiger partial charge >= 0.3 is 0 Å². The third kappa shape index (κ3) is 5.45. The van der Waals surface area contributed by atoms with Gasteiger partial charge in [-0.05, 0) is 76.7 Å². The number of benzene rings is 2. The number of hydrogen-bond acceptors (Lipinski definition) is 5. The van der Waals surface area contributed by atoms with Crippen molar-refractivity contribution in [3.8, 4) is 5.75 Å². The lowest BCUT2D eigenvalue weighted by atomic mass is 9.93. The van der Waals surface area contributed by atoms with Crippen molar-refractivity contribution in [2.45, 2.75) is 39.7 Å². The van der Waals surface area contributed by atoms with E-state index < -0.39 is 17.7 Å². The largest absolute Gasteiger partial charge is 0.507 e. The fourth-order valence-electron chi connectivity index (χ4n) is 4.12. The number of aryl methyl sites for hydroxylation is 2. The summed E-state index contributed by atoms with van der Waals surface area (Å²) in [6.45, 7) is 7.72. The Hall–Kier alpha value is -3.12. The highest BCUT2D eigenvalue weighted by Crippen LogP contribution is 2.40. The van der Waals surface area contributed by atoms with Gasteiger partial charge in [0.1, 0.15) is 11.5 Å². The molecule has 3 rings (SSSR count). The van der Waals surface area contributed by atoms with Crippen LogP contribution < -0.4 is 4.74 Å². The summed E-state index contributed by atoms with van der Waals surface area (Å²) in [5.74, 6) is -0.645. The average Bonchev–Trinajstić information content (AvgIpc) is 3.02. The van der Waals surface area contributed by atoms with E-state index in [1.807, 2.05) is 70.1 Å². The zero-order valence-electron chi connectivity index (χ0n) is 20.2. The van der Waals surface area contributed by atoms with Crippen LogP contribution in [0.2, 0.25) is 0 Å². The van der Waals surface area contributed by atoms with Crippen LogP contribution in [0.4, 0.5) is 0 Å². The van der Waals surface area contributed by atoms with E-state index >= 15 is 0 Å². The maximum absolute atomic E-state index is 13.2. The summed E-state index contributed by atoms with van der Waals surface area (Å²) in [5, 5.41) is 11.3. The molecule has 6 heteroatoms. The number of ketones is 1. The van der Waals surface area contributed by atoms with E-state index in [9.17, 15) is 14.7 Å². The number of ether oxygens (including phenoxy) is 1. The summed E-state index contributed by atoms with van der Waals surface area (Å²) in [4.78, 5) is 29.8. The van der Waals surface area contributed by atoms with Crippen molar-refractivity contribution >= 4 is 17.4 Å². The van der Waals surface area contributed by atoms with Gasteiger partial charge in [0.25, 0.3) is 11.7 Å². The van der Waals surface area contributed by atoms with E-state index in [1.54, 1.807) is 17.0 Å². The molecular formula is C27H34N2O4. The fourth-order valence-corrected chi connectivity index (χ4v) is 4.12. The molecule has 1 amide bonds. The molecule has 0 bridgehead atoms. The molecule has 1 aliphatic heterocycles. The Bertz CT molecular complexity index is 1040. The minimum Gasteiger partial charge on any atom is -0.507 e. The molecule has 176 valence electrons. The van der Waals surface area contributed by atoms with Crippen molar-refractivity contribution in [3.05, 3.63) is 70.3 Å². The summed E-state index contributed by atoms with van der Waals surface area (Å²) >= 11 is 0. The Labute approximate surface area is 196 Å². The van der Waals surface area contributed by atoms with Crippen LogP contribution in [0.15, 0.2) is 48.0 Å². The molecular weight excluding hydrogens is 416 g/mol. The molecule has 0 radical (unpaired) electrons. The molecule has 6 nitrogen and oxygen atoms in total. The van der Waals surface area contributed by atoms with Crippen LogP contribution in [-0.4, -0.2) is 60.4 Å². The van der Waals surface area contributed by atoms with Crippen molar-refractivity contribution < 1.29 is 19.4 Å². The second kappa shape index (κ2) is 10.7. The van der Waals surface area contributed by atoms with Crippen LogP contribution in [0.1, 0.15) is 48.1 Å². The number of hydrogen-bond donors (Lipinski definition) is 1. The number of carbonyl (C=O) groups is 2. The Morgan fingerprint density at radius 2 is 1.79 bits per heavy atom. The maximum Gasteiger partial charge on any atom is 0.295 e. The topological polar surface area (TPSA) is 70.1 Å². The van der Waals surface area contributed by atoms with Crippen molar-refractivity contribution in [2.24, 2.45) is 0 Å². The van der Waals surface area contributed by atoms with Gasteiger partial charge in [0.05, 0.1) is 18.2 Å². The maximum atomic E-state index is 13.2. The standard InChI is InChI=1S/C27H34N2O4/c1-6-16-33-21-12-13-22(19(3)17-21)25(30)23-24(20-10-8-18(2)9-11-20)29(27(32)26(23)31)15-7-14-28(4)5/h8-13,17,24,30H,6-7,14-16H2,1-5H3/t24-/m0/s1. The quantitative estimate of drug-likeness (QED) is 0.347. The van der Waals surface area contributed by atoms with Crippen molar-refractivity contribution in [1.82, 2.24) is 9.80 Å². The van der Waals surface area contributed by atoms with Crippen LogP contribution in [0.3, 0.4) is 0 Å². The van der Waals surface area contributed by atoms with Crippen LogP contribution in [0, 0.1) is 13.8 Å². The van der Waals surface area contributed by atoms with Crippen LogP contribution in [0.5, 0.6) is 5.75 Å². The lowest BCUT2D eigenvalue weighted by molar-refractivity contribution is -0.139. The molecule has 1 aliphatic rings. The SMILES string of the molecule is CCCOc1ccc(C(O)=C2C(=O)C(=O)N(CCCN(C)C)[C@H]2c2ccc(C)cc2)c(C)c1. The predicted molar refractivity (Wildman–Crippen MR) is 130 cm³/mol. The lowest BCUT2D eigenvalue weighted by Gasteiger charge is -2.26. The van der Waals surface area contributed by atoms with Gasteiger partial charge in [-0.2, -0.15) is 0 Å². The molecule has 1 atom stereocenters. The zero-order chi connectivity index (χ0) is 24.1. The number of aliphatic hydroxyl groups excluding tert-OH is 1. The van der Waals surface area contributed by atoms with Crippen molar-refractivity contribution in [2.75, 3.05) is 33.8 Å². The predicted octanol–water partition coefficient (Wildman–Crippen LogP) is 4.47. The first-order valence-corrected chi connectivity index (χ1v) is 11.5. The van der Waals surface area contributed by atoms with E-state index in [0.717, 1.165) is 36.1 Å². The van der Waals surface area contributed by atoms with E-state index in [4.69, 9.17) is 4.74 Å². The highest BCUT2D eigenvalue weighted by molar-refractivity contribution is 6.46. The minimum atomic E-state index is -0.645. The molecule has 33 heavy (non-hydrogen) atoms. The summed E-state index contributed by atoms with van der Waals surface area (Å²) < 4.78 is 5.69. The number of rotatable bonds is 9. The van der Waals surface area contributed by atoms with Crippen molar-refractivity contribution in [3.63, 3.8) is 0 Å². The van der Waals surface area contributed by atoms with Gasteiger partial charge < -0.3 is 19.6 Å². The minimum absolute atomic E-state index is 0.138. The van der Waals surface area contributed by atoms with E-state index in [-0.39, 0.29) is 11.3 Å². The molecule has 0 aromatic heterocycles. The number of amides is 1. The average molecular weight is 451 g/mol. The Morgan fingerprint density at radius 1 is 1.09 bits per heavy atom. The molecule has 1 fully saturated rings.